The van der Waals surface area contributed by atoms with Gasteiger partial charge < -0.3 is 15.2 Å². The number of unbranched alkanes of at least 4 members (excludes halogenated alkanes) is 1. The molecule has 0 aromatic carbocycles. The molecular formula is C13H31NO2. The Morgan fingerprint density at radius 1 is 1.31 bits per heavy atom. The highest BCUT2D eigenvalue weighted by atomic mass is 16.3. The summed E-state index contributed by atoms with van der Waals surface area (Å²) in [5.74, 6) is 0. The van der Waals surface area contributed by atoms with Crippen molar-refractivity contribution in [3.63, 3.8) is 0 Å². The van der Waals surface area contributed by atoms with Crippen molar-refractivity contribution in [2.45, 2.75) is 53.9 Å². The van der Waals surface area contributed by atoms with Gasteiger partial charge in [0.05, 0.1) is 0 Å². The van der Waals surface area contributed by atoms with Gasteiger partial charge in [0.2, 0.25) is 0 Å². The van der Waals surface area contributed by atoms with Gasteiger partial charge in [0.15, 0.2) is 0 Å². The van der Waals surface area contributed by atoms with Crippen LogP contribution in [0.5, 0.6) is 0 Å². The molecule has 0 spiro atoms. The predicted molar refractivity (Wildman–Crippen MR) is 71.7 cm³/mol. The van der Waals surface area contributed by atoms with Crippen LogP contribution in [0.15, 0.2) is 0 Å². The molecule has 0 aliphatic rings. The summed E-state index contributed by atoms with van der Waals surface area (Å²) in [6, 6.07) is 0. The standard InChI is InChI=1S/C6H12O2.C5H13N.C2H6/c1-6(2,5-8)3-4-7;1-3-4-5-6-2;1-2/h5,7H,3-4H2,1-2H3;6H,3-5H2,1-2H3;1-2H3. The molecule has 0 aromatic heterocycles. The number of hydrogen-bond donors (Lipinski definition) is 2. The van der Waals surface area contributed by atoms with E-state index in [1.165, 1.54) is 12.8 Å². The Bertz CT molecular complexity index is 121. The van der Waals surface area contributed by atoms with E-state index in [1.54, 1.807) is 13.8 Å². The van der Waals surface area contributed by atoms with Crippen molar-refractivity contribution in [3.05, 3.63) is 0 Å². The normalized spacial score (nSPS) is 9.44. The van der Waals surface area contributed by atoms with Gasteiger partial charge >= 0.3 is 0 Å². The molecule has 3 nitrogen and oxygen atoms in total. The fourth-order valence-electron chi connectivity index (χ4n) is 0.701. The van der Waals surface area contributed by atoms with Crippen LogP contribution in [-0.4, -0.2) is 31.6 Å². The summed E-state index contributed by atoms with van der Waals surface area (Å²) in [6.45, 7) is 11.0. The number of aldehydes is 1. The van der Waals surface area contributed by atoms with Gasteiger partial charge in [-0.15, -0.1) is 0 Å². The van der Waals surface area contributed by atoms with E-state index in [-0.39, 0.29) is 12.0 Å². The highest BCUT2D eigenvalue weighted by molar-refractivity contribution is 5.57. The Kier molecular flexibility index (Phi) is 22.2. The molecule has 0 bridgehead atoms. The predicted octanol–water partition coefficient (Wildman–Crippen LogP) is 2.63. The van der Waals surface area contributed by atoms with Gasteiger partial charge in [-0.25, -0.2) is 0 Å². The number of hydrogen-bond acceptors (Lipinski definition) is 3. The Hall–Kier alpha value is -0.410. The Morgan fingerprint density at radius 3 is 1.94 bits per heavy atom. The van der Waals surface area contributed by atoms with Crippen LogP contribution < -0.4 is 5.32 Å². The van der Waals surface area contributed by atoms with Crippen LogP contribution in [0.3, 0.4) is 0 Å². The molecule has 0 aromatic rings. The van der Waals surface area contributed by atoms with Gasteiger partial charge in [0.25, 0.3) is 0 Å². The number of carbonyl (C=O) groups is 1. The number of rotatable bonds is 6. The SMILES string of the molecule is CC.CC(C)(C=O)CCO.CCCCNC. The maximum Gasteiger partial charge on any atom is 0.125 e. The number of aliphatic hydroxyl groups is 1. The maximum absolute atomic E-state index is 10.1. The van der Waals surface area contributed by atoms with Gasteiger partial charge in [-0.05, 0) is 26.4 Å². The minimum atomic E-state index is -0.339. The van der Waals surface area contributed by atoms with Crippen molar-refractivity contribution in [1.29, 1.82) is 0 Å². The molecule has 0 atom stereocenters. The number of nitrogens with one attached hydrogen (secondary N) is 1. The highest BCUT2D eigenvalue weighted by Gasteiger charge is 2.14. The van der Waals surface area contributed by atoms with Crippen molar-refractivity contribution in [2.24, 2.45) is 5.41 Å². The molecule has 0 radical (unpaired) electrons. The first-order chi connectivity index (χ1) is 7.54. The van der Waals surface area contributed by atoms with Crippen LogP contribution in [0.1, 0.15) is 53.9 Å². The smallest absolute Gasteiger partial charge is 0.125 e. The third-order valence-electron chi connectivity index (χ3n) is 1.86. The summed E-state index contributed by atoms with van der Waals surface area (Å²) >= 11 is 0. The van der Waals surface area contributed by atoms with Crippen molar-refractivity contribution in [2.75, 3.05) is 20.2 Å². The molecule has 0 heterocycles. The molecule has 2 N–H and O–H groups in total. The first-order valence-corrected chi connectivity index (χ1v) is 6.25. The average Bonchev–Trinajstić information content (AvgIpc) is 2.30. The summed E-state index contributed by atoms with van der Waals surface area (Å²) in [4.78, 5) is 10.1. The van der Waals surface area contributed by atoms with E-state index in [1.807, 2.05) is 20.9 Å². The van der Waals surface area contributed by atoms with Crippen LogP contribution in [0, 0.1) is 5.41 Å². The summed E-state index contributed by atoms with van der Waals surface area (Å²) in [6.07, 6.45) is 4.01. The van der Waals surface area contributed by atoms with Crippen molar-refractivity contribution >= 4 is 6.29 Å². The Labute approximate surface area is 102 Å². The van der Waals surface area contributed by atoms with Crippen molar-refractivity contribution < 1.29 is 9.90 Å². The maximum atomic E-state index is 10.1. The van der Waals surface area contributed by atoms with Gasteiger partial charge in [-0.2, -0.15) is 0 Å². The van der Waals surface area contributed by atoms with E-state index in [4.69, 9.17) is 5.11 Å². The average molecular weight is 233 g/mol. The largest absolute Gasteiger partial charge is 0.396 e. The minimum absolute atomic E-state index is 0.0890. The summed E-state index contributed by atoms with van der Waals surface area (Å²) in [5.41, 5.74) is -0.339. The third kappa shape index (κ3) is 23.4. The van der Waals surface area contributed by atoms with Crippen LogP contribution in [-0.2, 0) is 4.79 Å². The summed E-state index contributed by atoms with van der Waals surface area (Å²) < 4.78 is 0. The lowest BCUT2D eigenvalue weighted by atomic mass is 9.92. The molecule has 100 valence electrons. The van der Waals surface area contributed by atoms with E-state index < -0.39 is 0 Å². The van der Waals surface area contributed by atoms with Gasteiger partial charge in [0.1, 0.15) is 6.29 Å². The highest BCUT2D eigenvalue weighted by Crippen LogP contribution is 2.14. The molecule has 0 amide bonds. The molecule has 0 saturated heterocycles. The van der Waals surface area contributed by atoms with Crippen LogP contribution in [0.2, 0.25) is 0 Å². The van der Waals surface area contributed by atoms with Crippen LogP contribution >= 0.6 is 0 Å². The first-order valence-electron chi connectivity index (χ1n) is 6.25. The quantitative estimate of drug-likeness (QED) is 0.548. The first kappa shape index (κ1) is 20.9. The fourth-order valence-corrected chi connectivity index (χ4v) is 0.701. The second-order valence-corrected chi connectivity index (χ2v) is 4.04. The van der Waals surface area contributed by atoms with E-state index in [9.17, 15) is 4.79 Å². The lowest BCUT2D eigenvalue weighted by Gasteiger charge is -2.12. The summed E-state index contributed by atoms with van der Waals surface area (Å²) in [7, 11) is 1.98. The van der Waals surface area contributed by atoms with E-state index in [2.05, 4.69) is 12.2 Å². The van der Waals surface area contributed by atoms with Crippen LogP contribution in [0.4, 0.5) is 0 Å². The molecule has 0 aliphatic heterocycles. The topological polar surface area (TPSA) is 49.3 Å². The second-order valence-electron chi connectivity index (χ2n) is 4.04. The van der Waals surface area contributed by atoms with Gasteiger partial charge in [-0.3, -0.25) is 0 Å². The lowest BCUT2D eigenvalue weighted by Crippen LogP contribution is -2.14. The fraction of sp³-hybridized carbons (Fsp3) is 0.923. The third-order valence-corrected chi connectivity index (χ3v) is 1.86. The zero-order valence-corrected chi connectivity index (χ0v) is 12.0. The molecule has 0 rings (SSSR count). The van der Waals surface area contributed by atoms with E-state index in [0.29, 0.717) is 6.42 Å². The van der Waals surface area contributed by atoms with Gasteiger partial charge in [-0.1, -0.05) is 41.0 Å². The number of carbonyl (C=O) groups excluding carboxylic acids is 1. The molecule has 16 heavy (non-hydrogen) atoms. The molecular weight excluding hydrogens is 202 g/mol. The van der Waals surface area contributed by atoms with Crippen molar-refractivity contribution in [1.82, 2.24) is 5.32 Å². The monoisotopic (exact) mass is 233 g/mol. The molecule has 0 unspecified atom stereocenters. The van der Waals surface area contributed by atoms with E-state index >= 15 is 0 Å². The second kappa shape index (κ2) is 17.0. The Morgan fingerprint density at radius 2 is 1.81 bits per heavy atom. The molecule has 0 aliphatic carbocycles. The van der Waals surface area contributed by atoms with Gasteiger partial charge in [0, 0.05) is 12.0 Å². The zero-order chi connectivity index (χ0) is 13.4. The lowest BCUT2D eigenvalue weighted by molar-refractivity contribution is -0.115. The molecule has 0 saturated carbocycles. The molecule has 3 heteroatoms. The van der Waals surface area contributed by atoms with Crippen molar-refractivity contribution in [3.8, 4) is 0 Å². The Balaban J connectivity index is -0.000000188. The van der Waals surface area contributed by atoms with E-state index in [0.717, 1.165) is 12.8 Å². The minimum Gasteiger partial charge on any atom is -0.396 e. The zero-order valence-electron chi connectivity index (χ0n) is 12.0. The summed E-state index contributed by atoms with van der Waals surface area (Å²) in [5, 5.41) is 11.4. The number of aliphatic hydroxyl groups excluding tert-OH is 1. The molecule has 0 fully saturated rings. The van der Waals surface area contributed by atoms with Crippen LogP contribution in [0.25, 0.3) is 0 Å².